The van der Waals surface area contributed by atoms with Gasteiger partial charge >= 0.3 is 0 Å². The van der Waals surface area contributed by atoms with E-state index in [1.807, 2.05) is 0 Å². The van der Waals surface area contributed by atoms with Crippen LogP contribution in [0.5, 0.6) is 0 Å². The summed E-state index contributed by atoms with van der Waals surface area (Å²) in [5.74, 6) is -0.435. The summed E-state index contributed by atoms with van der Waals surface area (Å²) in [6, 6.07) is 2.62. The SMILES string of the molecule is C=C(C)CNc1c(C(C)=O)c(C(F)F)nn1-c1ccc(S(C)(=O)=O)cn1. The molecule has 0 atom stereocenters. The number of carbonyl (C=O) groups is 1. The van der Waals surface area contributed by atoms with Crippen molar-refractivity contribution in [3.8, 4) is 5.82 Å². The van der Waals surface area contributed by atoms with E-state index in [1.54, 1.807) is 6.92 Å². The van der Waals surface area contributed by atoms with E-state index < -0.39 is 27.7 Å². The number of hydrogen-bond acceptors (Lipinski definition) is 6. The predicted octanol–water partition coefficient (Wildman–Crippen LogP) is 2.80. The molecule has 10 heteroatoms. The van der Waals surface area contributed by atoms with Crippen molar-refractivity contribution in [2.24, 2.45) is 0 Å². The third kappa shape index (κ3) is 4.13. The summed E-state index contributed by atoms with van der Waals surface area (Å²) in [5, 5.41) is 6.68. The maximum atomic E-state index is 13.3. The van der Waals surface area contributed by atoms with Gasteiger partial charge < -0.3 is 5.32 Å². The van der Waals surface area contributed by atoms with Crippen LogP contribution in [0.2, 0.25) is 0 Å². The van der Waals surface area contributed by atoms with Gasteiger partial charge in [-0.05, 0) is 26.0 Å². The molecule has 1 N–H and O–H groups in total. The number of hydrogen-bond donors (Lipinski definition) is 1. The van der Waals surface area contributed by atoms with E-state index in [-0.39, 0.29) is 28.6 Å². The zero-order chi connectivity index (χ0) is 19.6. The Morgan fingerprint density at radius 2 is 2.00 bits per heavy atom. The third-order valence-corrected chi connectivity index (χ3v) is 4.49. The van der Waals surface area contributed by atoms with Crippen LogP contribution in [0.3, 0.4) is 0 Å². The smallest absolute Gasteiger partial charge is 0.282 e. The number of halogens is 2. The van der Waals surface area contributed by atoms with Gasteiger partial charge in [0.2, 0.25) is 0 Å². The fourth-order valence-corrected chi connectivity index (χ4v) is 2.77. The number of Topliss-reactive ketones (excluding diaryl/α,β-unsaturated/α-hetero) is 1. The number of aromatic nitrogens is 3. The summed E-state index contributed by atoms with van der Waals surface area (Å²) in [6.45, 7) is 6.85. The van der Waals surface area contributed by atoms with Crippen molar-refractivity contribution < 1.29 is 22.0 Å². The van der Waals surface area contributed by atoms with Crippen molar-refractivity contribution in [2.45, 2.75) is 25.2 Å². The van der Waals surface area contributed by atoms with Crippen LogP contribution >= 0.6 is 0 Å². The Balaban J connectivity index is 2.64. The van der Waals surface area contributed by atoms with Crippen LogP contribution in [-0.4, -0.2) is 41.8 Å². The monoisotopic (exact) mass is 384 g/mol. The average molecular weight is 384 g/mol. The molecule has 0 aliphatic carbocycles. The third-order valence-electron chi connectivity index (χ3n) is 3.39. The van der Waals surface area contributed by atoms with Gasteiger partial charge in [0, 0.05) is 19.0 Å². The van der Waals surface area contributed by atoms with E-state index in [1.165, 1.54) is 19.1 Å². The van der Waals surface area contributed by atoms with Gasteiger partial charge in [-0.1, -0.05) is 12.2 Å². The van der Waals surface area contributed by atoms with E-state index >= 15 is 0 Å². The Labute approximate surface area is 149 Å². The number of anilines is 1. The van der Waals surface area contributed by atoms with Crippen molar-refractivity contribution in [2.75, 3.05) is 18.1 Å². The minimum atomic E-state index is -3.46. The Kier molecular flexibility index (Phi) is 5.55. The van der Waals surface area contributed by atoms with Gasteiger partial charge in [0.25, 0.3) is 6.43 Å². The van der Waals surface area contributed by atoms with Gasteiger partial charge in [0.15, 0.2) is 21.4 Å². The van der Waals surface area contributed by atoms with Crippen molar-refractivity contribution in [1.82, 2.24) is 14.8 Å². The summed E-state index contributed by atoms with van der Waals surface area (Å²) in [5.41, 5.74) is -0.197. The van der Waals surface area contributed by atoms with E-state index in [0.717, 1.165) is 17.1 Å². The first-order valence-electron chi connectivity index (χ1n) is 7.49. The summed E-state index contributed by atoms with van der Waals surface area (Å²) in [4.78, 5) is 15.9. The van der Waals surface area contributed by atoms with Crippen molar-refractivity contribution in [1.29, 1.82) is 0 Å². The molecular formula is C16H18F2N4O3S. The van der Waals surface area contributed by atoms with Gasteiger partial charge in [0.05, 0.1) is 10.5 Å². The summed E-state index contributed by atoms with van der Waals surface area (Å²) >= 11 is 0. The Bertz CT molecular complexity index is 951. The van der Waals surface area contributed by atoms with Gasteiger partial charge in [-0.25, -0.2) is 22.2 Å². The molecule has 0 aliphatic heterocycles. The second-order valence-electron chi connectivity index (χ2n) is 5.81. The Hall–Kier alpha value is -2.62. The van der Waals surface area contributed by atoms with Crippen LogP contribution in [0.25, 0.3) is 5.82 Å². The lowest BCUT2D eigenvalue weighted by Crippen LogP contribution is -2.12. The molecule has 0 unspecified atom stereocenters. The molecule has 0 spiro atoms. The second-order valence-corrected chi connectivity index (χ2v) is 7.83. The summed E-state index contributed by atoms with van der Waals surface area (Å²) < 4.78 is 50.8. The van der Waals surface area contributed by atoms with Crippen molar-refractivity contribution in [3.05, 3.63) is 41.7 Å². The van der Waals surface area contributed by atoms with Gasteiger partial charge in [0.1, 0.15) is 11.5 Å². The highest BCUT2D eigenvalue weighted by atomic mass is 32.2. The van der Waals surface area contributed by atoms with E-state index in [0.29, 0.717) is 5.57 Å². The number of nitrogens with one attached hydrogen (secondary N) is 1. The van der Waals surface area contributed by atoms with Crippen LogP contribution in [0.15, 0.2) is 35.4 Å². The minimum Gasteiger partial charge on any atom is -0.366 e. The van der Waals surface area contributed by atoms with Crippen LogP contribution in [-0.2, 0) is 9.84 Å². The zero-order valence-corrected chi connectivity index (χ0v) is 15.3. The molecule has 0 aliphatic rings. The molecule has 7 nitrogen and oxygen atoms in total. The van der Waals surface area contributed by atoms with Crippen LogP contribution < -0.4 is 5.32 Å². The highest BCUT2D eigenvalue weighted by Crippen LogP contribution is 2.30. The molecule has 0 radical (unpaired) electrons. The predicted molar refractivity (Wildman–Crippen MR) is 92.7 cm³/mol. The highest BCUT2D eigenvalue weighted by Gasteiger charge is 2.28. The molecule has 2 aromatic rings. The quantitative estimate of drug-likeness (QED) is 0.583. The lowest BCUT2D eigenvalue weighted by atomic mass is 10.1. The standard InChI is InChI=1S/C16H18F2N4O3S/c1-9(2)7-20-16-13(10(3)23)14(15(17)18)21-22(16)12-6-5-11(8-19-12)26(4,24)25/h5-6,8,15,20H,1,7H2,2-4H3. The molecule has 0 bridgehead atoms. The molecule has 0 amide bonds. The number of pyridine rings is 1. The van der Waals surface area contributed by atoms with E-state index in [9.17, 15) is 22.0 Å². The van der Waals surface area contributed by atoms with Gasteiger partial charge in [-0.15, -0.1) is 0 Å². The fourth-order valence-electron chi connectivity index (χ4n) is 2.22. The van der Waals surface area contributed by atoms with Crippen LogP contribution in [0, 0.1) is 0 Å². The first kappa shape index (κ1) is 19.7. The maximum Gasteiger partial charge on any atom is 0.282 e. The van der Waals surface area contributed by atoms with Crippen molar-refractivity contribution >= 4 is 21.4 Å². The molecule has 2 heterocycles. The molecule has 140 valence electrons. The molecular weight excluding hydrogens is 366 g/mol. The molecule has 0 saturated carbocycles. The normalized spacial score (nSPS) is 11.6. The summed E-state index contributed by atoms with van der Waals surface area (Å²) in [7, 11) is -3.46. The van der Waals surface area contributed by atoms with E-state index in [2.05, 4.69) is 22.0 Å². The van der Waals surface area contributed by atoms with Gasteiger partial charge in [-0.3, -0.25) is 4.79 Å². The lowest BCUT2D eigenvalue weighted by Gasteiger charge is -2.11. The van der Waals surface area contributed by atoms with Crippen LogP contribution in [0.1, 0.15) is 36.3 Å². The van der Waals surface area contributed by atoms with Gasteiger partial charge in [-0.2, -0.15) is 9.78 Å². The molecule has 2 aromatic heterocycles. The molecule has 0 saturated heterocycles. The lowest BCUT2D eigenvalue weighted by molar-refractivity contribution is 0.0998. The number of alkyl halides is 2. The molecule has 0 aromatic carbocycles. The van der Waals surface area contributed by atoms with Crippen molar-refractivity contribution in [3.63, 3.8) is 0 Å². The number of carbonyl (C=O) groups excluding carboxylic acids is 1. The molecule has 0 fully saturated rings. The summed E-state index contributed by atoms with van der Waals surface area (Å²) in [6.07, 6.45) is -0.833. The first-order valence-corrected chi connectivity index (χ1v) is 9.38. The number of ketones is 1. The topological polar surface area (TPSA) is 94.0 Å². The Morgan fingerprint density at radius 1 is 1.35 bits per heavy atom. The number of rotatable bonds is 7. The molecule has 2 rings (SSSR count). The number of sulfone groups is 1. The second kappa shape index (κ2) is 7.32. The van der Waals surface area contributed by atoms with E-state index in [4.69, 9.17) is 0 Å². The average Bonchev–Trinajstić information content (AvgIpc) is 2.92. The molecule has 26 heavy (non-hydrogen) atoms. The van der Waals surface area contributed by atoms with Crippen LogP contribution in [0.4, 0.5) is 14.6 Å². The highest BCUT2D eigenvalue weighted by molar-refractivity contribution is 7.90. The fraction of sp³-hybridized carbons (Fsp3) is 0.312. The maximum absolute atomic E-state index is 13.3. The number of nitrogens with zero attached hydrogens (tertiary/aromatic N) is 3. The zero-order valence-electron chi connectivity index (χ0n) is 14.5. The first-order chi connectivity index (χ1) is 12.0. The largest absolute Gasteiger partial charge is 0.366 e. The Morgan fingerprint density at radius 3 is 2.42 bits per heavy atom. The minimum absolute atomic E-state index is 0.0225.